The van der Waals surface area contributed by atoms with Gasteiger partial charge in [-0.15, -0.1) is 0 Å². The summed E-state index contributed by atoms with van der Waals surface area (Å²) >= 11 is 11.6. The molecule has 0 unspecified atom stereocenters. The Hall–Kier alpha value is -2.44. The average Bonchev–Trinajstić information content (AvgIpc) is 2.58. The normalized spacial score (nSPS) is 10.7. The van der Waals surface area contributed by atoms with Crippen LogP contribution in [0.2, 0.25) is 10.0 Å². The van der Waals surface area contributed by atoms with Crippen molar-refractivity contribution in [3.05, 3.63) is 51.5 Å². The van der Waals surface area contributed by atoms with Crippen LogP contribution in [0.5, 0.6) is 17.2 Å². The van der Waals surface area contributed by atoms with Gasteiger partial charge in [0.05, 0.1) is 31.0 Å². The molecule has 2 aromatic rings. The topological polar surface area (TPSA) is 80.2 Å². The number of nitrogens with one attached hydrogen (secondary N) is 1. The van der Waals surface area contributed by atoms with Crippen LogP contribution >= 0.6 is 23.2 Å². The van der Waals surface area contributed by atoms with Crippen molar-refractivity contribution in [2.24, 2.45) is 5.10 Å². The van der Waals surface area contributed by atoms with Crippen molar-refractivity contribution < 1.29 is 19.4 Å². The summed E-state index contributed by atoms with van der Waals surface area (Å²) in [5.74, 6) is 0.143. The smallest absolute Gasteiger partial charge is 0.275 e. The number of carbonyl (C=O) groups is 1. The Labute approximate surface area is 148 Å². The summed E-state index contributed by atoms with van der Waals surface area (Å²) in [7, 11) is 3.06. The molecule has 2 N–H and O–H groups in total. The number of benzene rings is 2. The number of rotatable bonds is 5. The average molecular weight is 369 g/mol. The lowest BCUT2D eigenvalue weighted by Crippen LogP contribution is -2.18. The van der Waals surface area contributed by atoms with Crippen LogP contribution in [0.3, 0.4) is 0 Å². The van der Waals surface area contributed by atoms with E-state index in [9.17, 15) is 9.90 Å². The molecule has 2 rings (SSSR count). The largest absolute Gasteiger partial charge is 0.506 e. The molecule has 126 valence electrons. The molecule has 0 aliphatic heterocycles. The number of nitrogens with zero attached hydrogens (tertiary/aromatic N) is 1. The second-order valence-electron chi connectivity index (χ2n) is 4.59. The Morgan fingerprint density at radius 3 is 2.62 bits per heavy atom. The van der Waals surface area contributed by atoms with Crippen LogP contribution in [-0.4, -0.2) is 31.4 Å². The third-order valence-electron chi connectivity index (χ3n) is 3.08. The minimum absolute atomic E-state index is 0.0200. The van der Waals surface area contributed by atoms with Gasteiger partial charge in [-0.1, -0.05) is 23.2 Å². The van der Waals surface area contributed by atoms with E-state index in [0.29, 0.717) is 17.1 Å². The van der Waals surface area contributed by atoms with Crippen molar-refractivity contribution in [3.63, 3.8) is 0 Å². The molecule has 1 amide bonds. The fraction of sp³-hybridized carbons (Fsp3) is 0.125. The number of halogens is 2. The Kier molecular flexibility index (Phi) is 5.89. The third kappa shape index (κ3) is 4.10. The van der Waals surface area contributed by atoms with Gasteiger partial charge in [-0.05, 0) is 24.3 Å². The van der Waals surface area contributed by atoms with E-state index in [1.807, 2.05) is 0 Å². The Morgan fingerprint density at radius 2 is 1.96 bits per heavy atom. The molecule has 0 radical (unpaired) electrons. The van der Waals surface area contributed by atoms with Crippen LogP contribution in [0.15, 0.2) is 35.4 Å². The molecule has 2 aromatic carbocycles. The van der Waals surface area contributed by atoms with Crippen molar-refractivity contribution >= 4 is 35.3 Å². The highest BCUT2D eigenvalue weighted by Gasteiger charge is 2.14. The van der Waals surface area contributed by atoms with Crippen molar-refractivity contribution in [2.75, 3.05) is 14.2 Å². The molecule has 0 saturated carbocycles. The van der Waals surface area contributed by atoms with Crippen LogP contribution < -0.4 is 14.9 Å². The van der Waals surface area contributed by atoms with Crippen molar-refractivity contribution in [3.8, 4) is 17.2 Å². The maximum Gasteiger partial charge on any atom is 0.275 e. The Bertz CT molecular complexity index is 794. The molecule has 0 aromatic heterocycles. The number of methoxy groups -OCH3 is 2. The van der Waals surface area contributed by atoms with Gasteiger partial charge in [-0.2, -0.15) is 5.10 Å². The standard InChI is InChI=1S/C16H14Cl2N2O4/c1-23-11-4-3-9(14(7-11)24-2)8-19-20-16(22)12-5-10(17)6-13(18)15(12)21/h3-8,21H,1-2H3,(H,20,22)/b19-8-. The summed E-state index contributed by atoms with van der Waals surface area (Å²) < 4.78 is 10.3. The summed E-state index contributed by atoms with van der Waals surface area (Å²) in [6, 6.07) is 7.77. The molecule has 24 heavy (non-hydrogen) atoms. The van der Waals surface area contributed by atoms with Crippen LogP contribution in [-0.2, 0) is 0 Å². The predicted octanol–water partition coefficient (Wildman–Crippen LogP) is 3.48. The van der Waals surface area contributed by atoms with Gasteiger partial charge in [0.2, 0.25) is 0 Å². The molecule has 6 nitrogen and oxygen atoms in total. The maximum atomic E-state index is 12.1. The number of carbonyl (C=O) groups excluding carboxylic acids is 1. The van der Waals surface area contributed by atoms with Gasteiger partial charge in [0, 0.05) is 16.7 Å². The van der Waals surface area contributed by atoms with E-state index in [4.69, 9.17) is 32.7 Å². The first-order valence-corrected chi connectivity index (χ1v) is 7.45. The first-order valence-electron chi connectivity index (χ1n) is 6.69. The Morgan fingerprint density at radius 1 is 1.21 bits per heavy atom. The van der Waals surface area contributed by atoms with E-state index in [1.54, 1.807) is 25.3 Å². The van der Waals surface area contributed by atoms with Crippen LogP contribution in [0.4, 0.5) is 0 Å². The van der Waals surface area contributed by atoms with Crippen molar-refractivity contribution in [1.29, 1.82) is 0 Å². The van der Waals surface area contributed by atoms with Crippen LogP contribution in [0.25, 0.3) is 0 Å². The second kappa shape index (κ2) is 7.90. The highest BCUT2D eigenvalue weighted by molar-refractivity contribution is 6.36. The fourth-order valence-corrected chi connectivity index (χ4v) is 2.38. The van der Waals surface area contributed by atoms with Crippen LogP contribution in [0, 0.1) is 0 Å². The molecule has 0 spiro atoms. The summed E-state index contributed by atoms with van der Waals surface area (Å²) in [6.45, 7) is 0. The summed E-state index contributed by atoms with van der Waals surface area (Å²) in [5, 5.41) is 13.9. The molecule has 0 atom stereocenters. The number of hydrazone groups is 1. The zero-order valence-corrected chi connectivity index (χ0v) is 14.4. The number of phenolic OH excluding ortho intramolecular Hbond substituents is 1. The summed E-state index contributed by atoms with van der Waals surface area (Å²) in [6.07, 6.45) is 1.40. The molecule has 0 heterocycles. The first-order chi connectivity index (χ1) is 11.5. The lowest BCUT2D eigenvalue weighted by molar-refractivity contribution is 0.0952. The monoisotopic (exact) mass is 368 g/mol. The minimum atomic E-state index is -0.652. The molecule has 0 saturated heterocycles. The van der Waals surface area contributed by atoms with E-state index < -0.39 is 5.91 Å². The van der Waals surface area contributed by atoms with E-state index >= 15 is 0 Å². The lowest BCUT2D eigenvalue weighted by Gasteiger charge is -2.07. The van der Waals surface area contributed by atoms with Gasteiger partial charge in [0.25, 0.3) is 5.91 Å². The van der Waals surface area contributed by atoms with E-state index in [0.717, 1.165) is 0 Å². The minimum Gasteiger partial charge on any atom is -0.506 e. The number of ether oxygens (including phenoxy) is 2. The molecular formula is C16H14Cl2N2O4. The summed E-state index contributed by atoms with van der Waals surface area (Å²) in [5.41, 5.74) is 2.84. The molecule has 0 bridgehead atoms. The molecule has 0 fully saturated rings. The lowest BCUT2D eigenvalue weighted by atomic mass is 10.2. The van der Waals surface area contributed by atoms with Crippen LogP contribution in [0.1, 0.15) is 15.9 Å². The maximum absolute atomic E-state index is 12.1. The van der Waals surface area contributed by atoms with Gasteiger partial charge in [-0.3, -0.25) is 4.79 Å². The van der Waals surface area contributed by atoms with Gasteiger partial charge >= 0.3 is 0 Å². The number of hydrogen-bond acceptors (Lipinski definition) is 5. The van der Waals surface area contributed by atoms with Gasteiger partial charge in [0.1, 0.15) is 17.2 Å². The number of aromatic hydroxyl groups is 1. The van der Waals surface area contributed by atoms with Gasteiger partial charge < -0.3 is 14.6 Å². The second-order valence-corrected chi connectivity index (χ2v) is 5.43. The van der Waals surface area contributed by atoms with E-state index in [2.05, 4.69) is 10.5 Å². The quantitative estimate of drug-likeness (QED) is 0.625. The Balaban J connectivity index is 2.16. The fourth-order valence-electron chi connectivity index (χ4n) is 1.88. The van der Waals surface area contributed by atoms with Crippen molar-refractivity contribution in [1.82, 2.24) is 5.43 Å². The van der Waals surface area contributed by atoms with Gasteiger partial charge in [0.15, 0.2) is 0 Å². The highest BCUT2D eigenvalue weighted by Crippen LogP contribution is 2.31. The van der Waals surface area contributed by atoms with Gasteiger partial charge in [-0.25, -0.2) is 5.43 Å². The number of phenols is 1. The first kappa shape index (κ1) is 17.9. The zero-order valence-electron chi connectivity index (χ0n) is 12.8. The predicted molar refractivity (Wildman–Crippen MR) is 92.7 cm³/mol. The number of hydrogen-bond donors (Lipinski definition) is 2. The van der Waals surface area contributed by atoms with Crippen molar-refractivity contribution in [2.45, 2.75) is 0 Å². The molecule has 0 aliphatic carbocycles. The molecule has 8 heteroatoms. The summed E-state index contributed by atoms with van der Waals surface area (Å²) in [4.78, 5) is 12.1. The highest BCUT2D eigenvalue weighted by atomic mass is 35.5. The SMILES string of the molecule is COc1ccc(/C=N\NC(=O)c2cc(Cl)cc(Cl)c2O)c(OC)c1. The van der Waals surface area contributed by atoms with E-state index in [1.165, 1.54) is 25.5 Å². The number of amides is 1. The van der Waals surface area contributed by atoms with E-state index in [-0.39, 0.29) is 21.4 Å². The molecular weight excluding hydrogens is 355 g/mol. The zero-order chi connectivity index (χ0) is 17.7. The molecule has 0 aliphatic rings. The third-order valence-corrected chi connectivity index (χ3v) is 3.59.